The van der Waals surface area contributed by atoms with Crippen LogP contribution in [0.2, 0.25) is 0 Å². The smallest absolute Gasteiger partial charge is 0.229 e. The molecule has 2 amide bonds. The molecule has 2 rings (SSSR count). The van der Waals surface area contributed by atoms with Crippen LogP contribution in [0.4, 0.5) is 11.4 Å². The van der Waals surface area contributed by atoms with Crippen LogP contribution in [0, 0.1) is 22.2 Å². The van der Waals surface area contributed by atoms with Gasteiger partial charge in [-0.15, -0.1) is 0 Å². The van der Waals surface area contributed by atoms with Crippen LogP contribution in [0.3, 0.4) is 0 Å². The first-order valence-electron chi connectivity index (χ1n) is 9.64. The van der Waals surface area contributed by atoms with E-state index in [1.807, 2.05) is 71.9 Å². The molecule has 0 heterocycles. The molecule has 2 N–H and O–H groups in total. The van der Waals surface area contributed by atoms with E-state index in [0.717, 1.165) is 11.4 Å². The van der Waals surface area contributed by atoms with Crippen molar-refractivity contribution in [3.05, 3.63) is 54.1 Å². The van der Waals surface area contributed by atoms with E-state index in [2.05, 4.69) is 10.6 Å². The highest BCUT2D eigenvalue weighted by atomic mass is 16.5. The maximum absolute atomic E-state index is 11.6. The van der Waals surface area contributed by atoms with Gasteiger partial charge < -0.3 is 15.4 Å². The van der Waals surface area contributed by atoms with Crippen molar-refractivity contribution in [1.29, 1.82) is 5.26 Å². The van der Waals surface area contributed by atoms with Crippen LogP contribution in [-0.2, 0) is 9.59 Å². The van der Waals surface area contributed by atoms with Gasteiger partial charge in [0.1, 0.15) is 5.75 Å². The zero-order valence-corrected chi connectivity index (χ0v) is 18.8. The molecule has 0 aromatic heterocycles. The van der Waals surface area contributed by atoms with Gasteiger partial charge >= 0.3 is 0 Å². The van der Waals surface area contributed by atoms with Crippen molar-refractivity contribution in [2.24, 2.45) is 10.8 Å². The Morgan fingerprint density at radius 2 is 1.13 bits per heavy atom. The number of carbonyl (C=O) groups excluding carboxylic acids is 2. The molecule has 0 aliphatic carbocycles. The van der Waals surface area contributed by atoms with E-state index in [1.54, 1.807) is 31.4 Å². The molecule has 30 heavy (non-hydrogen) atoms. The molecule has 0 unspecified atom stereocenters. The molecular weight excluding hydrogens is 378 g/mol. The summed E-state index contributed by atoms with van der Waals surface area (Å²) in [5.41, 5.74) is 1.31. The molecule has 0 atom stereocenters. The topological polar surface area (TPSA) is 91.2 Å². The summed E-state index contributed by atoms with van der Waals surface area (Å²) in [5.74, 6) is 0.753. The minimum atomic E-state index is -0.409. The van der Waals surface area contributed by atoms with Crippen LogP contribution < -0.4 is 15.4 Å². The van der Waals surface area contributed by atoms with Gasteiger partial charge in [-0.1, -0.05) is 41.5 Å². The summed E-state index contributed by atoms with van der Waals surface area (Å²) < 4.78 is 5.03. The molecule has 2 aromatic rings. The molecule has 6 nitrogen and oxygen atoms in total. The quantitative estimate of drug-likeness (QED) is 0.727. The minimum absolute atomic E-state index is 0.00710. The summed E-state index contributed by atoms with van der Waals surface area (Å²) in [4.78, 5) is 23.3. The van der Waals surface area contributed by atoms with Crippen LogP contribution in [-0.4, -0.2) is 18.9 Å². The van der Waals surface area contributed by atoms with Crippen LogP contribution in [0.15, 0.2) is 48.5 Å². The number of methoxy groups -OCH3 is 1. The summed E-state index contributed by atoms with van der Waals surface area (Å²) in [7, 11) is 1.61. The Morgan fingerprint density at radius 1 is 0.767 bits per heavy atom. The second kappa shape index (κ2) is 10.4. The maximum atomic E-state index is 11.6. The molecule has 0 radical (unpaired) electrons. The van der Waals surface area contributed by atoms with Gasteiger partial charge in [0.15, 0.2) is 0 Å². The highest BCUT2D eigenvalue weighted by molar-refractivity contribution is 5.95. The average Bonchev–Trinajstić information content (AvgIpc) is 2.68. The molecule has 0 aliphatic rings. The summed E-state index contributed by atoms with van der Waals surface area (Å²) in [6, 6.07) is 16.1. The van der Waals surface area contributed by atoms with E-state index in [1.165, 1.54) is 0 Å². The largest absolute Gasteiger partial charge is 0.497 e. The fraction of sp³-hybridized carbons (Fsp3) is 0.375. The van der Waals surface area contributed by atoms with E-state index >= 15 is 0 Å². The Morgan fingerprint density at radius 3 is 1.43 bits per heavy atom. The summed E-state index contributed by atoms with van der Waals surface area (Å²) in [5, 5.41) is 14.2. The second-order valence-electron chi connectivity index (χ2n) is 8.83. The number of amides is 2. The van der Waals surface area contributed by atoms with Crippen molar-refractivity contribution in [3.8, 4) is 11.8 Å². The summed E-state index contributed by atoms with van der Waals surface area (Å²) >= 11 is 0. The van der Waals surface area contributed by atoms with E-state index in [9.17, 15) is 9.59 Å². The molecular formula is C24H31N3O3. The van der Waals surface area contributed by atoms with Crippen molar-refractivity contribution < 1.29 is 14.3 Å². The predicted molar refractivity (Wildman–Crippen MR) is 120 cm³/mol. The minimum Gasteiger partial charge on any atom is -0.497 e. The molecule has 0 saturated heterocycles. The SMILES string of the molecule is CC(C)(C)C(=O)Nc1ccc(C#N)cc1.COc1ccc(NC(=O)C(C)(C)C)cc1. The van der Waals surface area contributed by atoms with Crippen molar-refractivity contribution >= 4 is 23.2 Å². The second-order valence-corrected chi connectivity index (χ2v) is 8.83. The fourth-order valence-corrected chi connectivity index (χ4v) is 1.94. The highest BCUT2D eigenvalue weighted by Crippen LogP contribution is 2.20. The Kier molecular flexibility index (Phi) is 8.60. The van der Waals surface area contributed by atoms with Gasteiger partial charge in [0.25, 0.3) is 0 Å². The van der Waals surface area contributed by atoms with E-state index in [0.29, 0.717) is 11.3 Å². The third-order valence-corrected chi connectivity index (χ3v) is 3.98. The summed E-state index contributed by atoms with van der Waals surface area (Å²) in [6.07, 6.45) is 0. The third-order valence-electron chi connectivity index (χ3n) is 3.98. The molecule has 0 fully saturated rings. The third kappa shape index (κ3) is 8.36. The Balaban J connectivity index is 0.000000300. The standard InChI is InChI=1S/C12H14N2O.C12H17NO2/c1-12(2,3)11(15)14-10-6-4-9(8-13)5-7-10;1-12(2,3)11(14)13-9-5-7-10(15-4)8-6-9/h4-7H,1-3H3,(H,14,15);5-8H,1-4H3,(H,13,14). The Labute approximate surface area is 179 Å². The van der Waals surface area contributed by atoms with Gasteiger partial charge in [-0.2, -0.15) is 5.26 Å². The lowest BCUT2D eigenvalue weighted by atomic mass is 9.95. The number of benzene rings is 2. The van der Waals surface area contributed by atoms with Gasteiger partial charge in [-0.25, -0.2) is 0 Å². The number of hydrogen-bond donors (Lipinski definition) is 2. The van der Waals surface area contributed by atoms with Crippen LogP contribution >= 0.6 is 0 Å². The Bertz CT molecular complexity index is 882. The molecule has 0 bridgehead atoms. The van der Waals surface area contributed by atoms with Gasteiger partial charge in [-0.05, 0) is 48.5 Å². The molecule has 2 aromatic carbocycles. The molecule has 6 heteroatoms. The molecule has 0 saturated carbocycles. The Hall–Kier alpha value is -3.33. The number of nitrogens with one attached hydrogen (secondary N) is 2. The zero-order chi connectivity index (χ0) is 22.9. The van der Waals surface area contributed by atoms with E-state index in [4.69, 9.17) is 10.00 Å². The van der Waals surface area contributed by atoms with Gasteiger partial charge in [0.2, 0.25) is 11.8 Å². The maximum Gasteiger partial charge on any atom is 0.229 e. The first-order valence-corrected chi connectivity index (χ1v) is 9.64. The van der Waals surface area contributed by atoms with Crippen molar-refractivity contribution in [2.45, 2.75) is 41.5 Å². The van der Waals surface area contributed by atoms with Crippen LogP contribution in [0.5, 0.6) is 5.75 Å². The fourth-order valence-electron chi connectivity index (χ4n) is 1.94. The lowest BCUT2D eigenvalue weighted by Crippen LogP contribution is -2.27. The van der Waals surface area contributed by atoms with Crippen molar-refractivity contribution in [2.75, 3.05) is 17.7 Å². The lowest BCUT2D eigenvalue weighted by molar-refractivity contribution is -0.123. The number of carbonyl (C=O) groups is 2. The first kappa shape index (κ1) is 24.7. The zero-order valence-electron chi connectivity index (χ0n) is 18.8. The molecule has 0 aliphatic heterocycles. The van der Waals surface area contributed by atoms with E-state index < -0.39 is 5.41 Å². The molecule has 0 spiro atoms. The monoisotopic (exact) mass is 409 g/mol. The summed E-state index contributed by atoms with van der Waals surface area (Å²) in [6.45, 7) is 11.2. The van der Waals surface area contributed by atoms with E-state index in [-0.39, 0.29) is 17.2 Å². The lowest BCUT2D eigenvalue weighted by Gasteiger charge is -2.17. The van der Waals surface area contributed by atoms with Gasteiger partial charge in [-0.3, -0.25) is 9.59 Å². The number of nitrogens with zero attached hydrogens (tertiary/aromatic N) is 1. The highest BCUT2D eigenvalue weighted by Gasteiger charge is 2.21. The number of rotatable bonds is 3. The molecule has 160 valence electrons. The van der Waals surface area contributed by atoms with Crippen LogP contribution in [0.25, 0.3) is 0 Å². The van der Waals surface area contributed by atoms with Gasteiger partial charge in [0, 0.05) is 22.2 Å². The van der Waals surface area contributed by atoms with Crippen molar-refractivity contribution in [3.63, 3.8) is 0 Å². The normalized spacial score (nSPS) is 10.7. The van der Waals surface area contributed by atoms with Crippen LogP contribution in [0.1, 0.15) is 47.1 Å². The first-order chi connectivity index (χ1) is 13.9. The number of anilines is 2. The number of nitriles is 1. The number of hydrogen-bond acceptors (Lipinski definition) is 4. The van der Waals surface area contributed by atoms with Crippen molar-refractivity contribution in [1.82, 2.24) is 0 Å². The predicted octanol–water partition coefficient (Wildman–Crippen LogP) is 5.22. The van der Waals surface area contributed by atoms with Gasteiger partial charge in [0.05, 0.1) is 18.7 Å². The number of ether oxygens (including phenoxy) is 1. The average molecular weight is 410 g/mol.